The van der Waals surface area contributed by atoms with Crippen molar-refractivity contribution in [2.75, 3.05) is 26.3 Å². The molecule has 1 saturated heterocycles. The average Bonchev–Trinajstić information content (AvgIpc) is 3.12. The van der Waals surface area contributed by atoms with E-state index in [1.807, 2.05) is 23.0 Å². The SMILES string of the molecule is CC(C)c1ccc(-n2ncc(CN3CCOCC3)c2-c2ccccc2F)cc1. The fourth-order valence-corrected chi connectivity index (χ4v) is 3.63. The quantitative estimate of drug-likeness (QED) is 0.647. The Labute approximate surface area is 165 Å². The molecule has 1 fully saturated rings. The molecular weight excluding hydrogens is 353 g/mol. The van der Waals surface area contributed by atoms with Crippen LogP contribution in [-0.2, 0) is 11.3 Å². The van der Waals surface area contributed by atoms with E-state index in [0.717, 1.165) is 49.8 Å². The zero-order chi connectivity index (χ0) is 19.5. The third-order valence-corrected chi connectivity index (χ3v) is 5.28. The molecule has 1 aliphatic rings. The first-order valence-corrected chi connectivity index (χ1v) is 9.85. The van der Waals surface area contributed by atoms with Crippen LogP contribution in [-0.4, -0.2) is 41.0 Å². The number of halogens is 1. The smallest absolute Gasteiger partial charge is 0.132 e. The van der Waals surface area contributed by atoms with Gasteiger partial charge in [-0.2, -0.15) is 5.10 Å². The molecule has 0 saturated carbocycles. The third kappa shape index (κ3) is 3.86. The summed E-state index contributed by atoms with van der Waals surface area (Å²) in [6.45, 7) is 8.31. The Kier molecular flexibility index (Phi) is 5.55. The van der Waals surface area contributed by atoms with Gasteiger partial charge in [-0.15, -0.1) is 0 Å². The van der Waals surface area contributed by atoms with Crippen LogP contribution in [0.25, 0.3) is 16.9 Å². The van der Waals surface area contributed by atoms with E-state index in [-0.39, 0.29) is 5.82 Å². The molecule has 0 amide bonds. The molecule has 0 aliphatic carbocycles. The lowest BCUT2D eigenvalue weighted by atomic mass is 10.0. The Morgan fingerprint density at radius 2 is 1.75 bits per heavy atom. The molecule has 0 atom stereocenters. The number of ether oxygens (including phenoxy) is 1. The van der Waals surface area contributed by atoms with Crippen LogP contribution in [0.2, 0.25) is 0 Å². The minimum absolute atomic E-state index is 0.230. The van der Waals surface area contributed by atoms with Crippen molar-refractivity contribution in [1.29, 1.82) is 0 Å². The minimum atomic E-state index is -0.230. The zero-order valence-corrected chi connectivity index (χ0v) is 16.4. The maximum Gasteiger partial charge on any atom is 0.132 e. The Morgan fingerprint density at radius 3 is 2.43 bits per heavy atom. The molecule has 28 heavy (non-hydrogen) atoms. The molecular formula is C23H26FN3O. The highest BCUT2D eigenvalue weighted by Gasteiger charge is 2.20. The van der Waals surface area contributed by atoms with Crippen LogP contribution in [0.1, 0.15) is 30.9 Å². The third-order valence-electron chi connectivity index (χ3n) is 5.28. The van der Waals surface area contributed by atoms with Gasteiger partial charge < -0.3 is 4.74 Å². The standard InChI is InChI=1S/C23H26FN3O/c1-17(2)18-7-9-20(10-8-18)27-23(21-5-3-4-6-22(21)24)19(15-25-27)16-26-11-13-28-14-12-26/h3-10,15,17H,11-14,16H2,1-2H3. The van der Waals surface area contributed by atoms with E-state index in [1.165, 1.54) is 11.6 Å². The summed E-state index contributed by atoms with van der Waals surface area (Å²) in [6.07, 6.45) is 1.87. The van der Waals surface area contributed by atoms with E-state index in [1.54, 1.807) is 6.07 Å². The van der Waals surface area contributed by atoms with E-state index >= 15 is 0 Å². The summed E-state index contributed by atoms with van der Waals surface area (Å²) in [6, 6.07) is 15.3. The maximum atomic E-state index is 14.7. The number of aromatic nitrogens is 2. The highest BCUT2D eigenvalue weighted by atomic mass is 19.1. The van der Waals surface area contributed by atoms with Crippen LogP contribution in [0, 0.1) is 5.82 Å². The van der Waals surface area contributed by atoms with Crippen LogP contribution in [0.5, 0.6) is 0 Å². The van der Waals surface area contributed by atoms with Crippen molar-refractivity contribution in [1.82, 2.24) is 14.7 Å². The molecule has 146 valence electrons. The normalized spacial score (nSPS) is 15.3. The summed E-state index contributed by atoms with van der Waals surface area (Å²) >= 11 is 0. The molecule has 2 heterocycles. The fraction of sp³-hybridized carbons (Fsp3) is 0.348. The van der Waals surface area contributed by atoms with Gasteiger partial charge in [0, 0.05) is 30.8 Å². The summed E-state index contributed by atoms with van der Waals surface area (Å²) in [4.78, 5) is 2.33. The summed E-state index contributed by atoms with van der Waals surface area (Å²) < 4.78 is 22.0. The molecule has 1 aliphatic heterocycles. The van der Waals surface area contributed by atoms with Gasteiger partial charge in [-0.1, -0.05) is 38.1 Å². The average molecular weight is 379 g/mol. The van der Waals surface area contributed by atoms with Crippen LogP contribution >= 0.6 is 0 Å². The second-order valence-electron chi connectivity index (χ2n) is 7.54. The van der Waals surface area contributed by atoms with E-state index < -0.39 is 0 Å². The fourth-order valence-electron chi connectivity index (χ4n) is 3.63. The molecule has 0 spiro atoms. The van der Waals surface area contributed by atoms with Gasteiger partial charge in [0.2, 0.25) is 0 Å². The predicted octanol–water partition coefficient (Wildman–Crippen LogP) is 4.63. The van der Waals surface area contributed by atoms with Crippen LogP contribution in [0.3, 0.4) is 0 Å². The second-order valence-corrected chi connectivity index (χ2v) is 7.54. The molecule has 4 nitrogen and oxygen atoms in total. The van der Waals surface area contributed by atoms with Gasteiger partial charge in [-0.05, 0) is 35.7 Å². The van der Waals surface area contributed by atoms with Crippen molar-refractivity contribution in [2.24, 2.45) is 0 Å². The van der Waals surface area contributed by atoms with E-state index in [9.17, 15) is 4.39 Å². The van der Waals surface area contributed by atoms with Crippen molar-refractivity contribution in [3.63, 3.8) is 0 Å². The monoisotopic (exact) mass is 379 g/mol. The van der Waals surface area contributed by atoms with Gasteiger partial charge in [-0.3, -0.25) is 4.90 Å². The number of hydrogen-bond acceptors (Lipinski definition) is 3. The second kappa shape index (κ2) is 8.25. The first-order valence-electron chi connectivity index (χ1n) is 9.85. The van der Waals surface area contributed by atoms with Gasteiger partial charge in [0.15, 0.2) is 0 Å². The van der Waals surface area contributed by atoms with Gasteiger partial charge >= 0.3 is 0 Å². The minimum Gasteiger partial charge on any atom is -0.379 e. The lowest BCUT2D eigenvalue weighted by Crippen LogP contribution is -2.35. The van der Waals surface area contributed by atoms with E-state index in [2.05, 4.69) is 48.1 Å². The Bertz CT molecular complexity index is 927. The van der Waals surface area contributed by atoms with E-state index in [0.29, 0.717) is 11.5 Å². The number of nitrogens with zero attached hydrogens (tertiary/aromatic N) is 3. The highest BCUT2D eigenvalue weighted by molar-refractivity contribution is 5.66. The Morgan fingerprint density at radius 1 is 1.04 bits per heavy atom. The lowest BCUT2D eigenvalue weighted by Gasteiger charge is -2.26. The molecule has 0 radical (unpaired) electrons. The Hall–Kier alpha value is -2.50. The molecule has 1 aromatic heterocycles. The van der Waals surface area contributed by atoms with E-state index in [4.69, 9.17) is 4.74 Å². The highest BCUT2D eigenvalue weighted by Crippen LogP contribution is 2.30. The molecule has 5 heteroatoms. The molecule has 2 aromatic carbocycles. The first-order chi connectivity index (χ1) is 13.6. The van der Waals surface area contributed by atoms with Crippen LogP contribution in [0.4, 0.5) is 4.39 Å². The number of hydrogen-bond donors (Lipinski definition) is 0. The zero-order valence-electron chi connectivity index (χ0n) is 16.4. The van der Waals surface area contributed by atoms with Gasteiger partial charge in [0.05, 0.1) is 30.8 Å². The van der Waals surface area contributed by atoms with Gasteiger partial charge in [0.25, 0.3) is 0 Å². The summed E-state index contributed by atoms with van der Waals surface area (Å²) in [5, 5.41) is 4.64. The van der Waals surface area contributed by atoms with Crippen molar-refractivity contribution < 1.29 is 9.13 Å². The molecule has 0 bridgehead atoms. The first kappa shape index (κ1) is 18.8. The largest absolute Gasteiger partial charge is 0.379 e. The van der Waals surface area contributed by atoms with Crippen LogP contribution < -0.4 is 0 Å². The number of morpholine rings is 1. The van der Waals surface area contributed by atoms with Crippen molar-refractivity contribution in [3.05, 3.63) is 71.7 Å². The summed E-state index contributed by atoms with van der Waals surface area (Å²) in [7, 11) is 0. The summed E-state index contributed by atoms with van der Waals surface area (Å²) in [5.41, 5.74) is 4.64. The number of rotatable bonds is 5. The molecule has 0 N–H and O–H groups in total. The topological polar surface area (TPSA) is 30.3 Å². The predicted molar refractivity (Wildman–Crippen MR) is 109 cm³/mol. The number of benzene rings is 2. The van der Waals surface area contributed by atoms with Crippen molar-refractivity contribution in [3.8, 4) is 16.9 Å². The summed E-state index contributed by atoms with van der Waals surface area (Å²) in [5.74, 6) is 0.237. The molecule has 0 unspecified atom stereocenters. The lowest BCUT2D eigenvalue weighted by molar-refractivity contribution is 0.0342. The van der Waals surface area contributed by atoms with Gasteiger partial charge in [0.1, 0.15) is 5.82 Å². The van der Waals surface area contributed by atoms with Crippen LogP contribution in [0.15, 0.2) is 54.7 Å². The Balaban J connectivity index is 1.76. The van der Waals surface area contributed by atoms with Crippen molar-refractivity contribution >= 4 is 0 Å². The van der Waals surface area contributed by atoms with Gasteiger partial charge in [-0.25, -0.2) is 9.07 Å². The molecule has 3 aromatic rings. The molecule has 4 rings (SSSR count). The van der Waals surface area contributed by atoms with Crippen molar-refractivity contribution in [2.45, 2.75) is 26.3 Å². The maximum absolute atomic E-state index is 14.7.